The Bertz CT molecular complexity index is 1230. The van der Waals surface area contributed by atoms with Gasteiger partial charge in [0.05, 0.1) is 15.1 Å². The molecule has 0 aliphatic carbocycles. The number of aromatic nitrogens is 1. The van der Waals surface area contributed by atoms with Crippen molar-refractivity contribution in [1.29, 1.82) is 0 Å². The monoisotopic (exact) mass is 459 g/mol. The molecule has 0 radical (unpaired) electrons. The van der Waals surface area contributed by atoms with Crippen molar-refractivity contribution < 1.29 is 13.2 Å². The molecule has 0 bridgehead atoms. The molecule has 6 nitrogen and oxygen atoms in total. The fraction of sp³-hybridized carbons (Fsp3) is 0.391. The van der Waals surface area contributed by atoms with Crippen LogP contribution in [0.3, 0.4) is 0 Å². The summed E-state index contributed by atoms with van der Waals surface area (Å²) in [6.45, 7) is 8.92. The van der Waals surface area contributed by atoms with Gasteiger partial charge in [0.1, 0.15) is 0 Å². The summed E-state index contributed by atoms with van der Waals surface area (Å²) in [5, 5.41) is 0. The average molecular weight is 460 g/mol. The van der Waals surface area contributed by atoms with Gasteiger partial charge in [-0.05, 0) is 48.2 Å². The molecule has 31 heavy (non-hydrogen) atoms. The Balaban J connectivity index is 1.89. The van der Waals surface area contributed by atoms with Gasteiger partial charge in [0.25, 0.3) is 5.91 Å². The van der Waals surface area contributed by atoms with Gasteiger partial charge in [-0.2, -0.15) is 9.30 Å². The van der Waals surface area contributed by atoms with E-state index in [9.17, 15) is 13.2 Å². The number of nitrogens with zero attached hydrogens (tertiary/aromatic N) is 3. The maximum atomic E-state index is 13.1. The Labute approximate surface area is 187 Å². The lowest BCUT2D eigenvalue weighted by molar-refractivity contribution is 0.0998. The minimum absolute atomic E-state index is 0.192. The normalized spacial score (nSPS) is 13.1. The second kappa shape index (κ2) is 9.46. The molecule has 0 aliphatic rings. The van der Waals surface area contributed by atoms with Crippen LogP contribution >= 0.6 is 11.3 Å². The van der Waals surface area contributed by atoms with E-state index in [1.807, 2.05) is 63.6 Å². The molecule has 166 valence electrons. The van der Waals surface area contributed by atoms with Crippen molar-refractivity contribution in [3.05, 3.63) is 58.9 Å². The smallest absolute Gasteiger partial charge is 0.279 e. The van der Waals surface area contributed by atoms with Crippen molar-refractivity contribution in [2.24, 2.45) is 23.9 Å². The first-order valence-electron chi connectivity index (χ1n) is 10.3. The van der Waals surface area contributed by atoms with Crippen molar-refractivity contribution in [2.45, 2.75) is 32.6 Å². The molecule has 0 fully saturated rings. The van der Waals surface area contributed by atoms with Crippen molar-refractivity contribution in [3.63, 3.8) is 0 Å². The fourth-order valence-electron chi connectivity index (χ4n) is 3.34. The molecule has 1 aromatic heterocycles. The molecular formula is C23H29N3O3S2. The lowest BCUT2D eigenvalue weighted by Gasteiger charge is -2.25. The molecule has 2 aromatic carbocycles. The summed E-state index contributed by atoms with van der Waals surface area (Å²) >= 11 is 1.44. The molecule has 0 saturated heterocycles. The summed E-state index contributed by atoms with van der Waals surface area (Å²) in [5.41, 5.74) is 1.37. The fourth-order valence-corrected chi connectivity index (χ4v) is 6.13. The predicted octanol–water partition coefficient (Wildman–Crippen LogP) is 4.28. The summed E-state index contributed by atoms with van der Waals surface area (Å²) in [4.78, 5) is 17.7. The number of hydrogen-bond acceptors (Lipinski definition) is 4. The van der Waals surface area contributed by atoms with Crippen LogP contribution in [0.1, 0.15) is 38.1 Å². The number of carbonyl (C=O) groups excluding carboxylic acids is 1. The number of sulfonamides is 1. The van der Waals surface area contributed by atoms with Gasteiger partial charge in [-0.25, -0.2) is 8.42 Å². The molecule has 8 heteroatoms. The maximum Gasteiger partial charge on any atom is 0.279 e. The molecule has 1 heterocycles. The van der Waals surface area contributed by atoms with E-state index in [1.54, 1.807) is 0 Å². The lowest BCUT2D eigenvalue weighted by Crippen LogP contribution is -2.37. The first-order valence-corrected chi connectivity index (χ1v) is 12.6. The second-order valence-corrected chi connectivity index (χ2v) is 11.4. The van der Waals surface area contributed by atoms with E-state index in [0.717, 1.165) is 10.2 Å². The van der Waals surface area contributed by atoms with Gasteiger partial charge in [0.15, 0.2) is 4.80 Å². The molecule has 1 amide bonds. The number of thiazole rings is 1. The highest BCUT2D eigenvalue weighted by Crippen LogP contribution is 2.20. The molecule has 0 spiro atoms. The Morgan fingerprint density at radius 1 is 1.00 bits per heavy atom. The molecule has 0 aliphatic heterocycles. The number of rotatable bonds is 7. The van der Waals surface area contributed by atoms with Gasteiger partial charge in [-0.3, -0.25) is 4.79 Å². The third kappa shape index (κ3) is 5.31. The average Bonchev–Trinajstić information content (AvgIpc) is 3.02. The molecule has 0 atom stereocenters. The standard InChI is InChI=1S/C23H29N3O3S2/c1-16(2)14-26(15-17(3)4)31(28,29)19-12-10-18(11-13-19)22(27)24-23-25(5)20-8-6-7-9-21(20)30-23/h6-13,16-17H,14-15H2,1-5H3. The quantitative estimate of drug-likeness (QED) is 0.529. The van der Waals surface area contributed by atoms with Gasteiger partial charge in [-0.1, -0.05) is 51.2 Å². The van der Waals surface area contributed by atoms with Crippen LogP contribution in [0.15, 0.2) is 58.4 Å². The molecular weight excluding hydrogens is 430 g/mol. The van der Waals surface area contributed by atoms with E-state index in [-0.39, 0.29) is 16.7 Å². The maximum absolute atomic E-state index is 13.1. The number of amides is 1. The van der Waals surface area contributed by atoms with Crippen molar-refractivity contribution in [1.82, 2.24) is 8.87 Å². The van der Waals surface area contributed by atoms with Gasteiger partial charge >= 0.3 is 0 Å². The number of benzene rings is 2. The van der Waals surface area contributed by atoms with Crippen LogP contribution in [-0.2, 0) is 17.1 Å². The van der Waals surface area contributed by atoms with Gasteiger partial charge in [-0.15, -0.1) is 0 Å². The third-order valence-corrected chi connectivity index (χ3v) is 7.75. The van der Waals surface area contributed by atoms with Crippen LogP contribution in [0.2, 0.25) is 0 Å². The van der Waals surface area contributed by atoms with Crippen LogP contribution < -0.4 is 4.80 Å². The van der Waals surface area contributed by atoms with Gasteiger partial charge in [0.2, 0.25) is 10.0 Å². The first kappa shape index (κ1) is 23.4. The molecule has 0 unspecified atom stereocenters. The number of hydrogen-bond donors (Lipinski definition) is 0. The molecule has 3 aromatic rings. The Kier molecular flexibility index (Phi) is 7.13. The van der Waals surface area contributed by atoms with Gasteiger partial charge in [0, 0.05) is 25.7 Å². The topological polar surface area (TPSA) is 71.7 Å². The summed E-state index contributed by atoms with van der Waals surface area (Å²) in [6.07, 6.45) is 0. The SMILES string of the molecule is CC(C)CN(CC(C)C)S(=O)(=O)c1ccc(C(=O)N=c2sc3ccccc3n2C)cc1. The minimum atomic E-state index is -3.63. The molecule has 3 rings (SSSR count). The highest BCUT2D eigenvalue weighted by Gasteiger charge is 2.26. The lowest BCUT2D eigenvalue weighted by atomic mass is 10.2. The van der Waals surface area contributed by atoms with Crippen molar-refractivity contribution in [3.8, 4) is 0 Å². The minimum Gasteiger partial charge on any atom is -0.319 e. The summed E-state index contributed by atoms with van der Waals surface area (Å²) < 4.78 is 30.7. The Hall–Kier alpha value is -2.29. The van der Waals surface area contributed by atoms with Crippen LogP contribution in [0.25, 0.3) is 10.2 Å². The molecule has 0 N–H and O–H groups in total. The Morgan fingerprint density at radius 2 is 1.58 bits per heavy atom. The predicted molar refractivity (Wildman–Crippen MR) is 126 cm³/mol. The van der Waals surface area contributed by atoms with Crippen molar-refractivity contribution in [2.75, 3.05) is 13.1 Å². The summed E-state index contributed by atoms with van der Waals surface area (Å²) in [7, 11) is -1.75. The van der Waals surface area contributed by atoms with E-state index in [1.165, 1.54) is 39.9 Å². The highest BCUT2D eigenvalue weighted by atomic mass is 32.2. The van der Waals surface area contributed by atoms with Crippen LogP contribution in [0.4, 0.5) is 0 Å². The van der Waals surface area contributed by atoms with Crippen molar-refractivity contribution >= 4 is 37.5 Å². The number of aryl methyl sites for hydroxylation is 1. The molecule has 0 saturated carbocycles. The third-order valence-electron chi connectivity index (χ3n) is 4.79. The van der Waals surface area contributed by atoms with Crippen LogP contribution in [0, 0.1) is 11.8 Å². The summed E-state index contributed by atoms with van der Waals surface area (Å²) in [5.74, 6) is 0.0396. The highest BCUT2D eigenvalue weighted by molar-refractivity contribution is 7.89. The van der Waals surface area contributed by atoms with E-state index in [0.29, 0.717) is 23.5 Å². The number of fused-ring (bicyclic) bond motifs is 1. The van der Waals surface area contributed by atoms with E-state index >= 15 is 0 Å². The second-order valence-electron chi connectivity index (χ2n) is 8.46. The zero-order valence-electron chi connectivity index (χ0n) is 18.6. The Morgan fingerprint density at radius 3 is 2.13 bits per heavy atom. The number of para-hydroxylation sites is 1. The zero-order chi connectivity index (χ0) is 22.8. The van der Waals surface area contributed by atoms with E-state index in [4.69, 9.17) is 0 Å². The van der Waals surface area contributed by atoms with Crippen LogP contribution in [-0.4, -0.2) is 36.3 Å². The van der Waals surface area contributed by atoms with E-state index in [2.05, 4.69) is 4.99 Å². The largest absolute Gasteiger partial charge is 0.319 e. The van der Waals surface area contributed by atoms with Crippen LogP contribution in [0.5, 0.6) is 0 Å². The van der Waals surface area contributed by atoms with Gasteiger partial charge < -0.3 is 4.57 Å². The summed E-state index contributed by atoms with van der Waals surface area (Å²) in [6, 6.07) is 13.9. The zero-order valence-corrected chi connectivity index (χ0v) is 20.2. The number of carbonyl (C=O) groups is 1. The first-order chi connectivity index (χ1) is 14.6. The van der Waals surface area contributed by atoms with E-state index < -0.39 is 15.9 Å².